The van der Waals surface area contributed by atoms with Crippen molar-refractivity contribution in [2.45, 2.75) is 37.8 Å². The maximum absolute atomic E-state index is 5.84. The minimum absolute atomic E-state index is 0.444. The number of nitrogens with zero attached hydrogens (tertiary/aromatic N) is 1. The third-order valence-electron chi connectivity index (χ3n) is 3.10. The van der Waals surface area contributed by atoms with Crippen LogP contribution in [0.1, 0.15) is 25.7 Å². The molecule has 0 unspecified atom stereocenters. The maximum atomic E-state index is 5.84. The Labute approximate surface area is 101 Å². The fourth-order valence-electron chi connectivity index (χ4n) is 2.17. The lowest BCUT2D eigenvalue weighted by Gasteiger charge is -2.28. The summed E-state index contributed by atoms with van der Waals surface area (Å²) in [6.45, 7) is 0. The van der Waals surface area contributed by atoms with E-state index < -0.39 is 0 Å². The Kier molecular flexibility index (Phi) is 4.02. The molecule has 2 rings (SSSR count). The summed E-state index contributed by atoms with van der Waals surface area (Å²) in [5, 5.41) is 4.02. The van der Waals surface area contributed by atoms with Crippen molar-refractivity contribution in [3.63, 3.8) is 0 Å². The van der Waals surface area contributed by atoms with Gasteiger partial charge in [-0.3, -0.25) is 0 Å². The van der Waals surface area contributed by atoms with Crippen LogP contribution in [0.4, 0.5) is 5.69 Å². The van der Waals surface area contributed by atoms with E-state index in [4.69, 9.17) is 16.3 Å². The van der Waals surface area contributed by atoms with E-state index in [9.17, 15) is 0 Å². The van der Waals surface area contributed by atoms with E-state index in [0.29, 0.717) is 17.3 Å². The number of anilines is 1. The van der Waals surface area contributed by atoms with Gasteiger partial charge in [0.1, 0.15) is 5.15 Å². The van der Waals surface area contributed by atoms with Gasteiger partial charge in [-0.1, -0.05) is 11.6 Å². The van der Waals surface area contributed by atoms with Gasteiger partial charge in [0.25, 0.3) is 0 Å². The van der Waals surface area contributed by atoms with Crippen molar-refractivity contribution in [3.05, 3.63) is 23.5 Å². The second kappa shape index (κ2) is 5.51. The van der Waals surface area contributed by atoms with Crippen molar-refractivity contribution in [1.82, 2.24) is 4.98 Å². The molecule has 0 amide bonds. The zero-order chi connectivity index (χ0) is 11.4. The van der Waals surface area contributed by atoms with Crippen molar-refractivity contribution in [2.24, 2.45) is 0 Å². The molecule has 88 valence electrons. The van der Waals surface area contributed by atoms with Crippen molar-refractivity contribution in [2.75, 3.05) is 12.4 Å². The number of methoxy groups -OCH3 is 1. The standard InChI is InChI=1S/C12H17ClN2O/c1-16-11-4-2-9(3-5-11)15-10-6-7-14-12(13)8-10/h6-9,11H,2-5H2,1H3,(H,14,15). The highest BCUT2D eigenvalue weighted by Gasteiger charge is 2.20. The van der Waals surface area contributed by atoms with Crippen LogP contribution in [-0.4, -0.2) is 24.2 Å². The fourth-order valence-corrected chi connectivity index (χ4v) is 2.34. The Morgan fingerprint density at radius 1 is 1.38 bits per heavy atom. The zero-order valence-corrected chi connectivity index (χ0v) is 10.2. The Morgan fingerprint density at radius 3 is 2.75 bits per heavy atom. The molecule has 0 bridgehead atoms. The lowest BCUT2D eigenvalue weighted by atomic mass is 9.93. The molecule has 1 aromatic rings. The molecular formula is C12H17ClN2O. The molecule has 1 aliphatic rings. The van der Waals surface area contributed by atoms with Crippen LogP contribution in [0.2, 0.25) is 5.15 Å². The first-order valence-corrected chi connectivity index (χ1v) is 6.06. The number of halogens is 1. The predicted molar refractivity (Wildman–Crippen MR) is 65.9 cm³/mol. The SMILES string of the molecule is COC1CCC(Nc2ccnc(Cl)c2)CC1. The van der Waals surface area contributed by atoms with E-state index in [1.807, 2.05) is 12.1 Å². The zero-order valence-electron chi connectivity index (χ0n) is 9.45. The van der Waals surface area contributed by atoms with Crippen LogP contribution >= 0.6 is 11.6 Å². The summed E-state index contributed by atoms with van der Waals surface area (Å²) in [6.07, 6.45) is 6.74. The van der Waals surface area contributed by atoms with Crippen molar-refractivity contribution in [1.29, 1.82) is 0 Å². The predicted octanol–water partition coefficient (Wildman–Crippen LogP) is 3.10. The first-order valence-electron chi connectivity index (χ1n) is 5.69. The highest BCUT2D eigenvalue weighted by Crippen LogP contribution is 2.24. The van der Waals surface area contributed by atoms with Crippen LogP contribution in [0.5, 0.6) is 0 Å². The van der Waals surface area contributed by atoms with Crippen LogP contribution in [0.15, 0.2) is 18.3 Å². The van der Waals surface area contributed by atoms with E-state index in [0.717, 1.165) is 31.4 Å². The topological polar surface area (TPSA) is 34.1 Å². The summed E-state index contributed by atoms with van der Waals surface area (Å²) in [4.78, 5) is 3.96. The molecule has 0 radical (unpaired) electrons. The molecule has 1 saturated carbocycles. The maximum Gasteiger partial charge on any atom is 0.131 e. The molecule has 1 N–H and O–H groups in total. The highest BCUT2D eigenvalue weighted by atomic mass is 35.5. The summed E-state index contributed by atoms with van der Waals surface area (Å²) < 4.78 is 5.35. The average molecular weight is 241 g/mol. The molecule has 0 aliphatic heterocycles. The van der Waals surface area contributed by atoms with Crippen LogP contribution in [0.3, 0.4) is 0 Å². The number of pyridine rings is 1. The first kappa shape index (κ1) is 11.7. The van der Waals surface area contributed by atoms with Gasteiger partial charge in [0.05, 0.1) is 6.10 Å². The van der Waals surface area contributed by atoms with E-state index in [-0.39, 0.29) is 0 Å². The van der Waals surface area contributed by atoms with Gasteiger partial charge in [0.2, 0.25) is 0 Å². The van der Waals surface area contributed by atoms with Crippen molar-refractivity contribution >= 4 is 17.3 Å². The van der Waals surface area contributed by atoms with Gasteiger partial charge in [0.15, 0.2) is 0 Å². The van der Waals surface area contributed by atoms with Gasteiger partial charge in [0, 0.05) is 25.0 Å². The molecule has 16 heavy (non-hydrogen) atoms. The lowest BCUT2D eigenvalue weighted by molar-refractivity contribution is 0.0682. The molecule has 4 heteroatoms. The van der Waals surface area contributed by atoms with E-state index >= 15 is 0 Å². The molecule has 1 aromatic heterocycles. The normalized spacial score (nSPS) is 25.4. The smallest absolute Gasteiger partial charge is 0.131 e. The Morgan fingerprint density at radius 2 is 2.12 bits per heavy atom. The van der Waals surface area contributed by atoms with Gasteiger partial charge in [-0.05, 0) is 37.8 Å². The molecule has 0 atom stereocenters. The number of nitrogens with one attached hydrogen (secondary N) is 1. The third-order valence-corrected chi connectivity index (χ3v) is 3.31. The molecule has 0 saturated heterocycles. The molecule has 1 heterocycles. The van der Waals surface area contributed by atoms with Crippen LogP contribution in [0, 0.1) is 0 Å². The molecule has 1 fully saturated rings. The van der Waals surface area contributed by atoms with Gasteiger partial charge >= 0.3 is 0 Å². The van der Waals surface area contributed by atoms with E-state index in [2.05, 4.69) is 10.3 Å². The molecule has 3 nitrogen and oxygen atoms in total. The van der Waals surface area contributed by atoms with Gasteiger partial charge in [-0.2, -0.15) is 0 Å². The first-order chi connectivity index (χ1) is 7.78. The van der Waals surface area contributed by atoms with Gasteiger partial charge < -0.3 is 10.1 Å². The Balaban J connectivity index is 1.87. The highest BCUT2D eigenvalue weighted by molar-refractivity contribution is 6.29. The van der Waals surface area contributed by atoms with E-state index in [1.54, 1.807) is 13.3 Å². The molecule has 1 aliphatic carbocycles. The number of rotatable bonds is 3. The number of aromatic nitrogens is 1. The lowest BCUT2D eigenvalue weighted by Crippen LogP contribution is -2.29. The molecule has 0 spiro atoms. The Hall–Kier alpha value is -0.800. The summed E-state index contributed by atoms with van der Waals surface area (Å²) >= 11 is 5.84. The number of hydrogen-bond donors (Lipinski definition) is 1. The minimum atomic E-state index is 0.444. The quantitative estimate of drug-likeness (QED) is 0.825. The molecule has 0 aromatic carbocycles. The fraction of sp³-hybridized carbons (Fsp3) is 0.583. The minimum Gasteiger partial charge on any atom is -0.382 e. The summed E-state index contributed by atoms with van der Waals surface area (Å²) in [5.41, 5.74) is 1.06. The number of hydrogen-bond acceptors (Lipinski definition) is 3. The second-order valence-electron chi connectivity index (χ2n) is 4.22. The summed E-state index contributed by atoms with van der Waals surface area (Å²) in [5.74, 6) is 0. The van der Waals surface area contributed by atoms with Gasteiger partial charge in [-0.15, -0.1) is 0 Å². The van der Waals surface area contributed by atoms with Crippen LogP contribution in [-0.2, 0) is 4.74 Å². The largest absolute Gasteiger partial charge is 0.382 e. The van der Waals surface area contributed by atoms with E-state index in [1.165, 1.54) is 0 Å². The average Bonchev–Trinajstić information content (AvgIpc) is 2.30. The second-order valence-corrected chi connectivity index (χ2v) is 4.61. The Bertz CT molecular complexity index is 338. The van der Waals surface area contributed by atoms with Crippen LogP contribution < -0.4 is 5.32 Å². The monoisotopic (exact) mass is 240 g/mol. The van der Waals surface area contributed by atoms with Crippen molar-refractivity contribution < 1.29 is 4.74 Å². The van der Waals surface area contributed by atoms with Crippen molar-refractivity contribution in [3.8, 4) is 0 Å². The summed E-state index contributed by atoms with van der Waals surface area (Å²) in [7, 11) is 1.79. The van der Waals surface area contributed by atoms with Gasteiger partial charge in [-0.25, -0.2) is 4.98 Å². The summed E-state index contributed by atoms with van der Waals surface area (Å²) in [6, 6.07) is 4.35. The van der Waals surface area contributed by atoms with Crippen LogP contribution in [0.25, 0.3) is 0 Å². The molecular weight excluding hydrogens is 224 g/mol. The number of ether oxygens (including phenoxy) is 1. The third kappa shape index (κ3) is 3.09.